The van der Waals surface area contributed by atoms with E-state index in [1.807, 2.05) is 0 Å². The first-order valence-electron chi connectivity index (χ1n) is 2.97. The van der Waals surface area contributed by atoms with Crippen molar-refractivity contribution in [2.24, 2.45) is 0 Å². The van der Waals surface area contributed by atoms with Crippen LogP contribution in [0.4, 0.5) is 10.5 Å². The third kappa shape index (κ3) is 0.848. The average Bonchev–Trinajstić information content (AvgIpc) is 2.30. The number of hydrogen-bond donors (Lipinski definition) is 1. The van der Waals surface area contributed by atoms with Crippen LogP contribution in [-0.4, -0.2) is 14.4 Å². The van der Waals surface area contributed by atoms with Crippen molar-refractivity contribution in [2.75, 3.05) is 5.32 Å². The lowest BCUT2D eigenvalue weighted by Crippen LogP contribution is -2.04. The molecule has 1 aromatic heterocycles. The number of pyridine rings is 1. The molecule has 2 heterocycles. The minimum Gasteiger partial charge on any atom is -0.312 e. The number of fused-ring (bicyclic) bond motifs is 1. The third-order valence-corrected chi connectivity index (χ3v) is 2.47. The standard InChI is InChI=1S/C6H4N2O2S/c9-6-8-4-2-1-3-7-5(4)11(6)10/h1-3H,(H,8,9). The van der Waals surface area contributed by atoms with Crippen molar-refractivity contribution >= 4 is 21.7 Å². The van der Waals surface area contributed by atoms with Crippen LogP contribution in [0.25, 0.3) is 0 Å². The Morgan fingerprint density at radius 1 is 1.55 bits per heavy atom. The van der Waals surface area contributed by atoms with Gasteiger partial charge in [-0.2, -0.15) is 0 Å². The Kier molecular flexibility index (Phi) is 1.25. The van der Waals surface area contributed by atoms with Crippen LogP contribution in [0.1, 0.15) is 0 Å². The van der Waals surface area contributed by atoms with E-state index in [-0.39, 0.29) is 0 Å². The summed E-state index contributed by atoms with van der Waals surface area (Å²) >= 11 is 0. The molecule has 11 heavy (non-hydrogen) atoms. The molecule has 0 aromatic carbocycles. The topological polar surface area (TPSA) is 59.1 Å². The van der Waals surface area contributed by atoms with E-state index in [2.05, 4.69) is 10.3 Å². The number of nitrogens with zero attached hydrogens (tertiary/aromatic N) is 1. The second kappa shape index (κ2) is 2.13. The quantitative estimate of drug-likeness (QED) is 0.621. The number of aromatic nitrogens is 1. The maximum Gasteiger partial charge on any atom is 0.320 e. The third-order valence-electron chi connectivity index (χ3n) is 1.35. The number of anilines is 1. The molecule has 0 fully saturated rings. The molecule has 1 N–H and O–H groups in total. The van der Waals surface area contributed by atoms with Crippen LogP contribution >= 0.6 is 0 Å². The molecule has 0 spiro atoms. The van der Waals surface area contributed by atoms with E-state index in [1.54, 1.807) is 12.1 Å². The van der Waals surface area contributed by atoms with Gasteiger partial charge in [0.15, 0.2) is 15.8 Å². The summed E-state index contributed by atoms with van der Waals surface area (Å²) in [6.45, 7) is 0. The molecular formula is C6H4N2O2S. The molecule has 0 aliphatic carbocycles. The molecule has 1 atom stereocenters. The van der Waals surface area contributed by atoms with E-state index in [4.69, 9.17) is 0 Å². The molecule has 0 saturated carbocycles. The molecule has 1 aliphatic heterocycles. The number of carbonyl (C=O) groups is 1. The van der Waals surface area contributed by atoms with Crippen LogP contribution in [0.15, 0.2) is 23.4 Å². The zero-order valence-electron chi connectivity index (χ0n) is 5.40. The average molecular weight is 168 g/mol. The van der Waals surface area contributed by atoms with Crippen molar-refractivity contribution in [2.45, 2.75) is 5.03 Å². The lowest BCUT2D eigenvalue weighted by Gasteiger charge is -1.90. The first-order chi connectivity index (χ1) is 5.29. The second-order valence-electron chi connectivity index (χ2n) is 2.04. The summed E-state index contributed by atoms with van der Waals surface area (Å²) in [6.07, 6.45) is 1.51. The first kappa shape index (κ1) is 6.48. The molecule has 2 rings (SSSR count). The molecule has 1 unspecified atom stereocenters. The number of amides is 1. The van der Waals surface area contributed by atoms with Gasteiger partial charge >= 0.3 is 5.24 Å². The van der Waals surface area contributed by atoms with Gasteiger partial charge in [-0.05, 0) is 12.1 Å². The summed E-state index contributed by atoms with van der Waals surface area (Å²) in [5.74, 6) is 0. The fraction of sp³-hybridized carbons (Fsp3) is 0. The van der Waals surface area contributed by atoms with Gasteiger partial charge in [0, 0.05) is 6.20 Å². The first-order valence-corrected chi connectivity index (χ1v) is 4.12. The highest BCUT2D eigenvalue weighted by atomic mass is 32.2. The van der Waals surface area contributed by atoms with Crippen LogP contribution in [0.5, 0.6) is 0 Å². The van der Waals surface area contributed by atoms with Gasteiger partial charge in [-0.25, -0.2) is 9.19 Å². The van der Waals surface area contributed by atoms with E-state index in [9.17, 15) is 9.00 Å². The van der Waals surface area contributed by atoms with Crippen molar-refractivity contribution in [3.05, 3.63) is 18.3 Å². The number of nitrogens with one attached hydrogen (secondary N) is 1. The normalized spacial score (nSPS) is 21.1. The van der Waals surface area contributed by atoms with Gasteiger partial charge < -0.3 is 5.32 Å². The Labute approximate surface area is 65.1 Å². The number of carbonyl (C=O) groups excluding carboxylic acids is 1. The molecular weight excluding hydrogens is 164 g/mol. The van der Waals surface area contributed by atoms with Crippen molar-refractivity contribution in [3.63, 3.8) is 0 Å². The number of hydrogen-bond acceptors (Lipinski definition) is 3. The van der Waals surface area contributed by atoms with Crippen molar-refractivity contribution < 1.29 is 9.00 Å². The van der Waals surface area contributed by atoms with Gasteiger partial charge in [-0.15, -0.1) is 0 Å². The van der Waals surface area contributed by atoms with E-state index >= 15 is 0 Å². The van der Waals surface area contributed by atoms with Gasteiger partial charge in [0.2, 0.25) is 0 Å². The molecule has 1 aromatic rings. The van der Waals surface area contributed by atoms with Gasteiger partial charge in [-0.1, -0.05) is 0 Å². The van der Waals surface area contributed by atoms with Crippen molar-refractivity contribution in [1.82, 2.24) is 4.98 Å². The zero-order valence-corrected chi connectivity index (χ0v) is 6.22. The molecule has 0 bridgehead atoms. The van der Waals surface area contributed by atoms with Crippen molar-refractivity contribution in [1.29, 1.82) is 0 Å². The van der Waals surface area contributed by atoms with E-state index in [1.165, 1.54) is 6.20 Å². The Bertz CT molecular complexity index is 350. The van der Waals surface area contributed by atoms with E-state index in [0.717, 1.165) is 0 Å². The highest BCUT2D eigenvalue weighted by molar-refractivity contribution is 8.01. The fourth-order valence-corrected chi connectivity index (χ4v) is 1.73. The molecule has 0 saturated heterocycles. The molecule has 1 amide bonds. The lowest BCUT2D eigenvalue weighted by atomic mass is 10.4. The molecule has 4 nitrogen and oxygen atoms in total. The van der Waals surface area contributed by atoms with E-state index < -0.39 is 16.0 Å². The fourth-order valence-electron chi connectivity index (χ4n) is 0.878. The maximum atomic E-state index is 11.0. The predicted molar refractivity (Wildman–Crippen MR) is 39.7 cm³/mol. The lowest BCUT2D eigenvalue weighted by molar-refractivity contribution is 0.269. The van der Waals surface area contributed by atoms with Crippen LogP contribution in [0, 0.1) is 0 Å². The highest BCUT2D eigenvalue weighted by Crippen LogP contribution is 2.23. The summed E-state index contributed by atoms with van der Waals surface area (Å²) in [5, 5.41) is 2.29. The zero-order chi connectivity index (χ0) is 7.84. The van der Waals surface area contributed by atoms with Gasteiger partial charge in [0.05, 0.1) is 5.69 Å². The molecule has 56 valence electrons. The van der Waals surface area contributed by atoms with Crippen LogP contribution < -0.4 is 5.32 Å². The van der Waals surface area contributed by atoms with Gasteiger partial charge in [0.1, 0.15) is 0 Å². The van der Waals surface area contributed by atoms with Gasteiger partial charge in [-0.3, -0.25) is 4.79 Å². The van der Waals surface area contributed by atoms with Crippen LogP contribution in [-0.2, 0) is 10.8 Å². The SMILES string of the molecule is O=C1Nc2cccnc2S1=O. The Hall–Kier alpha value is -1.23. The largest absolute Gasteiger partial charge is 0.320 e. The van der Waals surface area contributed by atoms with Crippen LogP contribution in [0.2, 0.25) is 0 Å². The molecule has 1 aliphatic rings. The summed E-state index contributed by atoms with van der Waals surface area (Å²) in [7, 11) is -1.60. The Balaban J connectivity index is 2.64. The minimum atomic E-state index is -1.60. The summed E-state index contributed by atoms with van der Waals surface area (Å²) in [6, 6.07) is 3.35. The molecule has 0 radical (unpaired) electrons. The second-order valence-corrected chi connectivity index (χ2v) is 3.33. The smallest absolute Gasteiger partial charge is 0.312 e. The number of rotatable bonds is 0. The minimum absolute atomic E-state index is 0.331. The van der Waals surface area contributed by atoms with E-state index in [0.29, 0.717) is 10.7 Å². The Morgan fingerprint density at radius 3 is 3.09 bits per heavy atom. The molecule has 5 heteroatoms. The Morgan fingerprint density at radius 2 is 2.36 bits per heavy atom. The summed E-state index contributed by atoms with van der Waals surface area (Å²) in [5.41, 5.74) is 0.552. The van der Waals surface area contributed by atoms with Crippen LogP contribution in [0.3, 0.4) is 0 Å². The highest BCUT2D eigenvalue weighted by Gasteiger charge is 2.26. The maximum absolute atomic E-state index is 11.0. The van der Waals surface area contributed by atoms with Crippen molar-refractivity contribution in [3.8, 4) is 0 Å². The summed E-state index contributed by atoms with van der Waals surface area (Å²) < 4.78 is 11.0. The summed E-state index contributed by atoms with van der Waals surface area (Å²) in [4.78, 5) is 14.6. The monoisotopic (exact) mass is 168 g/mol. The predicted octanol–water partition coefficient (Wildman–Crippen LogP) is 0.735. The van der Waals surface area contributed by atoms with Gasteiger partial charge in [0.25, 0.3) is 0 Å².